The molecule has 1 heterocycles. The average Bonchev–Trinajstić information content (AvgIpc) is 2.79. The monoisotopic (exact) mass is 346 g/mol. The number of aryl methyl sites for hydroxylation is 2. The Kier molecular flexibility index (Phi) is 5.48. The topological polar surface area (TPSA) is 116 Å². The quantitative estimate of drug-likeness (QED) is 0.485. The fourth-order valence-corrected chi connectivity index (χ4v) is 2.34. The van der Waals surface area contributed by atoms with Crippen LogP contribution < -0.4 is 5.32 Å². The summed E-state index contributed by atoms with van der Waals surface area (Å²) in [7, 11) is 0. The Bertz CT molecular complexity index is 828. The van der Waals surface area contributed by atoms with E-state index < -0.39 is 23.4 Å². The van der Waals surface area contributed by atoms with E-state index in [4.69, 9.17) is 4.74 Å². The van der Waals surface area contributed by atoms with E-state index in [-0.39, 0.29) is 23.6 Å². The van der Waals surface area contributed by atoms with Gasteiger partial charge in [-0.05, 0) is 38.5 Å². The van der Waals surface area contributed by atoms with Gasteiger partial charge in [-0.3, -0.25) is 24.4 Å². The van der Waals surface area contributed by atoms with Crippen LogP contribution in [0, 0.1) is 30.9 Å². The highest BCUT2D eigenvalue weighted by atomic mass is 16.6. The van der Waals surface area contributed by atoms with Crippen LogP contribution >= 0.6 is 0 Å². The van der Waals surface area contributed by atoms with Crippen LogP contribution in [0.2, 0.25) is 0 Å². The molecule has 0 spiro atoms. The summed E-state index contributed by atoms with van der Waals surface area (Å²) in [6.07, 6.45) is 0. The molecular formula is C16H18N4O5. The van der Waals surface area contributed by atoms with Gasteiger partial charge in [-0.15, -0.1) is 0 Å². The normalized spacial score (nSPS) is 10.4. The van der Waals surface area contributed by atoms with E-state index in [1.807, 2.05) is 13.0 Å². The van der Waals surface area contributed by atoms with E-state index in [0.29, 0.717) is 5.69 Å². The number of esters is 1. The molecule has 9 heteroatoms. The maximum atomic E-state index is 11.8. The Morgan fingerprint density at radius 3 is 2.64 bits per heavy atom. The number of nitro groups is 1. The lowest BCUT2D eigenvalue weighted by atomic mass is 10.2. The molecule has 0 radical (unpaired) electrons. The summed E-state index contributed by atoms with van der Waals surface area (Å²) in [4.78, 5) is 34.0. The van der Waals surface area contributed by atoms with Crippen LogP contribution in [-0.2, 0) is 20.9 Å². The SMILES string of the molecule is Cc1cccc(NC(=O)COC(=O)Cn2nc(C)c([N+](=O)[O-])c2C)c1. The third-order valence-electron chi connectivity index (χ3n) is 3.47. The largest absolute Gasteiger partial charge is 0.454 e. The molecule has 1 N–H and O–H groups in total. The second-order valence-electron chi connectivity index (χ2n) is 5.51. The number of anilines is 1. The van der Waals surface area contributed by atoms with E-state index in [2.05, 4.69) is 10.4 Å². The molecule has 0 unspecified atom stereocenters. The van der Waals surface area contributed by atoms with Crippen molar-refractivity contribution in [3.63, 3.8) is 0 Å². The molecular weight excluding hydrogens is 328 g/mol. The zero-order chi connectivity index (χ0) is 18.6. The molecule has 0 aliphatic rings. The van der Waals surface area contributed by atoms with Gasteiger partial charge in [0.05, 0.1) is 4.92 Å². The molecule has 9 nitrogen and oxygen atoms in total. The van der Waals surface area contributed by atoms with Gasteiger partial charge >= 0.3 is 11.7 Å². The molecule has 0 aliphatic carbocycles. The first-order chi connectivity index (χ1) is 11.8. The summed E-state index contributed by atoms with van der Waals surface area (Å²) in [6, 6.07) is 7.20. The number of carbonyl (C=O) groups is 2. The molecule has 1 aromatic carbocycles. The minimum Gasteiger partial charge on any atom is -0.454 e. The van der Waals surface area contributed by atoms with Crippen molar-refractivity contribution in [2.75, 3.05) is 11.9 Å². The Labute approximate surface area is 143 Å². The molecule has 0 bridgehead atoms. The van der Waals surface area contributed by atoms with Gasteiger partial charge in [0.15, 0.2) is 6.61 Å². The van der Waals surface area contributed by atoms with Crippen molar-refractivity contribution >= 4 is 23.3 Å². The Hall–Kier alpha value is -3.23. The number of hydrogen-bond donors (Lipinski definition) is 1. The van der Waals surface area contributed by atoms with Gasteiger partial charge in [-0.25, -0.2) is 0 Å². The fourth-order valence-electron chi connectivity index (χ4n) is 2.34. The summed E-state index contributed by atoms with van der Waals surface area (Å²) in [5.74, 6) is -1.18. The molecule has 132 valence electrons. The van der Waals surface area contributed by atoms with E-state index >= 15 is 0 Å². The molecule has 0 atom stereocenters. The van der Waals surface area contributed by atoms with Crippen LogP contribution in [0.4, 0.5) is 11.4 Å². The smallest absolute Gasteiger partial charge is 0.328 e. The van der Waals surface area contributed by atoms with Gasteiger partial charge in [-0.1, -0.05) is 12.1 Å². The first-order valence-corrected chi connectivity index (χ1v) is 7.48. The van der Waals surface area contributed by atoms with Gasteiger partial charge in [0, 0.05) is 5.69 Å². The number of nitrogens with zero attached hydrogens (tertiary/aromatic N) is 3. The van der Waals surface area contributed by atoms with Crippen LogP contribution in [0.5, 0.6) is 0 Å². The summed E-state index contributed by atoms with van der Waals surface area (Å²) in [5.41, 5.74) is 1.93. The predicted octanol–water partition coefficient (Wildman–Crippen LogP) is 1.90. The van der Waals surface area contributed by atoms with E-state index in [1.165, 1.54) is 18.5 Å². The Morgan fingerprint density at radius 2 is 2.04 bits per heavy atom. The van der Waals surface area contributed by atoms with Crippen LogP contribution in [0.3, 0.4) is 0 Å². The first-order valence-electron chi connectivity index (χ1n) is 7.48. The van der Waals surface area contributed by atoms with Crippen LogP contribution in [0.25, 0.3) is 0 Å². The fraction of sp³-hybridized carbons (Fsp3) is 0.312. The third-order valence-corrected chi connectivity index (χ3v) is 3.47. The molecule has 25 heavy (non-hydrogen) atoms. The molecule has 1 amide bonds. The number of benzene rings is 1. The molecule has 0 saturated carbocycles. The summed E-state index contributed by atoms with van der Waals surface area (Å²) >= 11 is 0. The lowest BCUT2D eigenvalue weighted by Gasteiger charge is -2.07. The summed E-state index contributed by atoms with van der Waals surface area (Å²) < 4.78 is 6.08. The lowest BCUT2D eigenvalue weighted by molar-refractivity contribution is -0.386. The van der Waals surface area contributed by atoms with E-state index in [1.54, 1.807) is 18.2 Å². The average molecular weight is 346 g/mol. The number of aromatic nitrogens is 2. The van der Waals surface area contributed by atoms with Gasteiger partial charge in [0.1, 0.15) is 17.9 Å². The number of hydrogen-bond acceptors (Lipinski definition) is 6. The molecule has 2 aromatic rings. The van der Waals surface area contributed by atoms with Gasteiger partial charge < -0.3 is 10.1 Å². The highest BCUT2D eigenvalue weighted by Crippen LogP contribution is 2.21. The van der Waals surface area contributed by atoms with Gasteiger partial charge in [0.25, 0.3) is 5.91 Å². The molecule has 0 fully saturated rings. The second kappa shape index (κ2) is 7.56. The first kappa shape index (κ1) is 18.1. The molecule has 0 aliphatic heterocycles. The minimum absolute atomic E-state index is 0.134. The van der Waals surface area contributed by atoms with Crippen molar-refractivity contribution in [3.05, 3.63) is 51.3 Å². The van der Waals surface area contributed by atoms with E-state index in [9.17, 15) is 19.7 Å². The van der Waals surface area contributed by atoms with Crippen molar-refractivity contribution < 1.29 is 19.2 Å². The van der Waals surface area contributed by atoms with Crippen molar-refractivity contribution in [1.29, 1.82) is 0 Å². The maximum Gasteiger partial charge on any atom is 0.328 e. The third kappa shape index (κ3) is 4.63. The minimum atomic E-state index is -0.708. The Morgan fingerprint density at radius 1 is 1.32 bits per heavy atom. The number of amides is 1. The summed E-state index contributed by atoms with van der Waals surface area (Å²) in [5, 5.41) is 17.5. The molecule has 0 saturated heterocycles. The molecule has 1 aromatic heterocycles. The standard InChI is InChI=1S/C16H18N4O5/c1-10-5-4-6-13(7-10)17-14(21)9-25-15(22)8-19-12(3)16(20(23)24)11(2)18-19/h4-7H,8-9H2,1-3H3,(H,17,21). The van der Waals surface area contributed by atoms with E-state index in [0.717, 1.165) is 5.56 Å². The number of nitrogens with one attached hydrogen (secondary N) is 1. The lowest BCUT2D eigenvalue weighted by Crippen LogP contribution is -2.23. The van der Waals surface area contributed by atoms with Crippen molar-refractivity contribution in [2.45, 2.75) is 27.3 Å². The summed E-state index contributed by atoms with van der Waals surface area (Å²) in [6.45, 7) is 4.12. The van der Waals surface area contributed by atoms with Crippen LogP contribution in [-0.4, -0.2) is 33.2 Å². The highest BCUT2D eigenvalue weighted by Gasteiger charge is 2.23. The number of rotatable bonds is 6. The van der Waals surface area contributed by atoms with Crippen molar-refractivity contribution in [1.82, 2.24) is 9.78 Å². The number of ether oxygens (including phenoxy) is 1. The van der Waals surface area contributed by atoms with Gasteiger partial charge in [-0.2, -0.15) is 5.10 Å². The Balaban J connectivity index is 1.90. The predicted molar refractivity (Wildman–Crippen MR) is 89.1 cm³/mol. The zero-order valence-electron chi connectivity index (χ0n) is 14.1. The maximum absolute atomic E-state index is 11.8. The van der Waals surface area contributed by atoms with Crippen molar-refractivity contribution in [3.8, 4) is 0 Å². The zero-order valence-corrected chi connectivity index (χ0v) is 14.1. The van der Waals surface area contributed by atoms with Crippen LogP contribution in [0.15, 0.2) is 24.3 Å². The number of carbonyl (C=O) groups excluding carboxylic acids is 2. The molecule has 2 rings (SSSR count). The second-order valence-corrected chi connectivity index (χ2v) is 5.51. The van der Waals surface area contributed by atoms with Gasteiger partial charge in [0.2, 0.25) is 0 Å². The van der Waals surface area contributed by atoms with Crippen LogP contribution in [0.1, 0.15) is 17.0 Å². The van der Waals surface area contributed by atoms with Crippen molar-refractivity contribution in [2.24, 2.45) is 0 Å². The highest BCUT2D eigenvalue weighted by molar-refractivity contribution is 5.92.